The number of aryl methyl sites for hydroxylation is 2. The monoisotopic (exact) mass is 315 g/mol. The molecule has 4 rings (SSSR count). The van der Waals surface area contributed by atoms with E-state index in [4.69, 9.17) is 9.97 Å². The minimum Gasteiger partial charge on any atom is -0.356 e. The Kier molecular flexibility index (Phi) is 3.81. The Morgan fingerprint density at radius 2 is 1.86 bits per heavy atom. The Balaban J connectivity index is 1.85. The van der Waals surface area contributed by atoms with Crippen LogP contribution in [0.1, 0.15) is 55.3 Å². The van der Waals surface area contributed by atoms with Crippen molar-refractivity contribution in [2.75, 3.05) is 18.0 Å². The summed E-state index contributed by atoms with van der Waals surface area (Å²) < 4.78 is 0. The Bertz CT molecular complexity index is 683. The van der Waals surface area contributed by atoms with Crippen LogP contribution < -0.4 is 4.90 Å². The van der Waals surface area contributed by atoms with Crippen molar-refractivity contribution in [1.82, 2.24) is 9.97 Å². The molecule has 0 saturated carbocycles. The Morgan fingerprint density at radius 3 is 2.64 bits per heavy atom. The summed E-state index contributed by atoms with van der Waals surface area (Å²) in [5, 5.41) is 1.39. The molecule has 0 aromatic carbocycles. The van der Waals surface area contributed by atoms with Crippen molar-refractivity contribution >= 4 is 27.4 Å². The van der Waals surface area contributed by atoms with E-state index in [0.29, 0.717) is 0 Å². The summed E-state index contributed by atoms with van der Waals surface area (Å²) in [5.41, 5.74) is 1.57. The van der Waals surface area contributed by atoms with Crippen LogP contribution >= 0.6 is 11.3 Å². The SMILES string of the molecule is Cc1nc(N2CCCCCC2)c2c3c(sc2n1)CC(C)CC3. The predicted molar refractivity (Wildman–Crippen MR) is 94.0 cm³/mol. The summed E-state index contributed by atoms with van der Waals surface area (Å²) in [6, 6.07) is 0. The average Bonchev–Trinajstić information content (AvgIpc) is 2.68. The summed E-state index contributed by atoms with van der Waals surface area (Å²) in [5.74, 6) is 2.98. The summed E-state index contributed by atoms with van der Waals surface area (Å²) >= 11 is 1.92. The highest BCUT2D eigenvalue weighted by molar-refractivity contribution is 7.19. The number of hydrogen-bond acceptors (Lipinski definition) is 4. The molecule has 118 valence electrons. The summed E-state index contributed by atoms with van der Waals surface area (Å²) in [6.45, 7) is 6.74. The number of anilines is 1. The van der Waals surface area contributed by atoms with Crippen LogP contribution in [0.2, 0.25) is 0 Å². The molecular weight excluding hydrogens is 290 g/mol. The van der Waals surface area contributed by atoms with Gasteiger partial charge in [-0.2, -0.15) is 0 Å². The average molecular weight is 315 g/mol. The van der Waals surface area contributed by atoms with E-state index in [2.05, 4.69) is 11.8 Å². The quantitative estimate of drug-likeness (QED) is 0.775. The van der Waals surface area contributed by atoms with Crippen LogP contribution in [0.4, 0.5) is 5.82 Å². The predicted octanol–water partition coefficient (Wildman–Crippen LogP) is 4.50. The molecule has 0 amide bonds. The van der Waals surface area contributed by atoms with Gasteiger partial charge in [-0.25, -0.2) is 9.97 Å². The molecule has 3 nitrogen and oxygen atoms in total. The minimum atomic E-state index is 0.816. The maximum absolute atomic E-state index is 4.89. The molecule has 1 unspecified atom stereocenters. The Hall–Kier alpha value is -1.16. The molecular formula is C18H25N3S. The first kappa shape index (κ1) is 14.4. The summed E-state index contributed by atoms with van der Waals surface area (Å²) in [6.07, 6.45) is 9.08. The third-order valence-corrected chi connectivity index (χ3v) is 6.30. The molecule has 1 aliphatic carbocycles. The first-order valence-electron chi connectivity index (χ1n) is 8.76. The van der Waals surface area contributed by atoms with E-state index in [-0.39, 0.29) is 0 Å². The van der Waals surface area contributed by atoms with E-state index in [0.717, 1.165) is 24.8 Å². The van der Waals surface area contributed by atoms with Gasteiger partial charge in [0.05, 0.1) is 5.39 Å². The zero-order valence-electron chi connectivity index (χ0n) is 13.7. The molecule has 22 heavy (non-hydrogen) atoms. The fourth-order valence-corrected chi connectivity index (χ4v) is 5.36. The lowest BCUT2D eigenvalue weighted by molar-refractivity contribution is 0.509. The Morgan fingerprint density at radius 1 is 1.09 bits per heavy atom. The maximum Gasteiger partial charge on any atom is 0.141 e. The van der Waals surface area contributed by atoms with Crippen LogP contribution in [0, 0.1) is 12.8 Å². The standard InChI is InChI=1S/C18H25N3S/c1-12-7-8-14-15(11-12)22-18-16(14)17(19-13(2)20-18)21-9-5-3-4-6-10-21/h12H,3-11H2,1-2H3. The second kappa shape index (κ2) is 5.80. The van der Waals surface area contributed by atoms with Crippen LogP contribution in [0.3, 0.4) is 0 Å². The van der Waals surface area contributed by atoms with Gasteiger partial charge in [0.25, 0.3) is 0 Å². The van der Waals surface area contributed by atoms with E-state index in [9.17, 15) is 0 Å². The van der Waals surface area contributed by atoms with Gasteiger partial charge in [0.15, 0.2) is 0 Å². The molecule has 2 aromatic rings. The van der Waals surface area contributed by atoms with Gasteiger partial charge in [0.2, 0.25) is 0 Å². The molecule has 1 fully saturated rings. The maximum atomic E-state index is 4.89. The number of nitrogens with zero attached hydrogens (tertiary/aromatic N) is 3. The second-order valence-corrected chi connectivity index (χ2v) is 8.11. The first-order chi connectivity index (χ1) is 10.7. The fourth-order valence-electron chi connectivity index (χ4n) is 3.94. The smallest absolute Gasteiger partial charge is 0.141 e. The van der Waals surface area contributed by atoms with Gasteiger partial charge in [0.1, 0.15) is 16.5 Å². The van der Waals surface area contributed by atoms with Crippen molar-refractivity contribution in [2.24, 2.45) is 5.92 Å². The highest BCUT2D eigenvalue weighted by Gasteiger charge is 2.25. The lowest BCUT2D eigenvalue weighted by Gasteiger charge is -2.24. The van der Waals surface area contributed by atoms with Crippen molar-refractivity contribution < 1.29 is 0 Å². The number of aromatic nitrogens is 2. The molecule has 3 heterocycles. The van der Waals surface area contributed by atoms with E-state index >= 15 is 0 Å². The third-order valence-electron chi connectivity index (χ3n) is 5.15. The van der Waals surface area contributed by atoms with E-state index in [1.54, 1.807) is 10.4 Å². The summed E-state index contributed by atoms with van der Waals surface area (Å²) in [4.78, 5) is 15.0. The van der Waals surface area contributed by atoms with E-state index in [1.165, 1.54) is 61.0 Å². The lowest BCUT2D eigenvalue weighted by atomic mass is 9.89. The van der Waals surface area contributed by atoms with Gasteiger partial charge in [-0.3, -0.25) is 0 Å². The minimum absolute atomic E-state index is 0.816. The van der Waals surface area contributed by atoms with Gasteiger partial charge in [0, 0.05) is 18.0 Å². The first-order valence-corrected chi connectivity index (χ1v) is 9.58. The molecule has 1 saturated heterocycles. The molecule has 2 aromatic heterocycles. The van der Waals surface area contributed by atoms with Crippen molar-refractivity contribution in [3.63, 3.8) is 0 Å². The number of fused-ring (bicyclic) bond motifs is 3. The van der Waals surface area contributed by atoms with Crippen LogP contribution in [0.5, 0.6) is 0 Å². The van der Waals surface area contributed by atoms with Crippen LogP contribution in [0.15, 0.2) is 0 Å². The third kappa shape index (κ3) is 2.51. The van der Waals surface area contributed by atoms with E-state index in [1.807, 2.05) is 18.3 Å². The Labute approximate surface area is 136 Å². The zero-order chi connectivity index (χ0) is 15.1. The van der Waals surface area contributed by atoms with Crippen molar-refractivity contribution in [1.29, 1.82) is 0 Å². The van der Waals surface area contributed by atoms with Gasteiger partial charge in [-0.1, -0.05) is 19.8 Å². The van der Waals surface area contributed by atoms with Gasteiger partial charge in [-0.05, 0) is 50.5 Å². The molecule has 0 radical (unpaired) electrons. The highest BCUT2D eigenvalue weighted by Crippen LogP contribution is 2.41. The zero-order valence-corrected chi connectivity index (χ0v) is 14.5. The molecule has 0 spiro atoms. The second-order valence-electron chi connectivity index (χ2n) is 7.03. The van der Waals surface area contributed by atoms with Gasteiger partial charge >= 0.3 is 0 Å². The largest absolute Gasteiger partial charge is 0.356 e. The number of thiophene rings is 1. The van der Waals surface area contributed by atoms with E-state index < -0.39 is 0 Å². The fraction of sp³-hybridized carbons (Fsp3) is 0.667. The normalized spacial score (nSPS) is 22.6. The molecule has 1 aliphatic heterocycles. The summed E-state index contributed by atoms with van der Waals surface area (Å²) in [7, 11) is 0. The van der Waals surface area contributed by atoms with Crippen LogP contribution in [-0.2, 0) is 12.8 Å². The molecule has 2 aliphatic rings. The topological polar surface area (TPSA) is 29.0 Å². The van der Waals surface area contributed by atoms with Crippen LogP contribution in [-0.4, -0.2) is 23.1 Å². The molecule has 0 bridgehead atoms. The number of hydrogen-bond donors (Lipinski definition) is 0. The lowest BCUT2D eigenvalue weighted by Crippen LogP contribution is -2.25. The molecule has 4 heteroatoms. The van der Waals surface area contributed by atoms with Gasteiger partial charge in [-0.15, -0.1) is 11.3 Å². The highest BCUT2D eigenvalue weighted by atomic mass is 32.1. The van der Waals surface area contributed by atoms with Crippen molar-refractivity contribution in [3.8, 4) is 0 Å². The number of rotatable bonds is 1. The van der Waals surface area contributed by atoms with Crippen molar-refractivity contribution in [2.45, 2.75) is 58.8 Å². The van der Waals surface area contributed by atoms with Crippen molar-refractivity contribution in [3.05, 3.63) is 16.3 Å². The molecule has 0 N–H and O–H groups in total. The molecule has 1 atom stereocenters. The van der Waals surface area contributed by atoms with Gasteiger partial charge < -0.3 is 4.90 Å². The van der Waals surface area contributed by atoms with Crippen LogP contribution in [0.25, 0.3) is 10.2 Å².